The summed E-state index contributed by atoms with van der Waals surface area (Å²) >= 11 is 0. The summed E-state index contributed by atoms with van der Waals surface area (Å²) in [7, 11) is 0. The van der Waals surface area contributed by atoms with E-state index in [0.717, 1.165) is 24.1 Å². The molecule has 17 heavy (non-hydrogen) atoms. The van der Waals surface area contributed by atoms with Crippen molar-refractivity contribution < 1.29 is 4.79 Å². The molecule has 1 N–H and O–H groups in total. The Morgan fingerprint density at radius 3 is 2.82 bits per heavy atom. The average Bonchev–Trinajstić information content (AvgIpc) is 2.31. The number of rotatable bonds is 4. The predicted molar refractivity (Wildman–Crippen MR) is 71.8 cm³/mol. The lowest BCUT2D eigenvalue weighted by Crippen LogP contribution is -2.12. The summed E-state index contributed by atoms with van der Waals surface area (Å²) in [6, 6.07) is 5.94. The fourth-order valence-electron chi connectivity index (χ4n) is 1.56. The van der Waals surface area contributed by atoms with E-state index in [2.05, 4.69) is 17.2 Å². The van der Waals surface area contributed by atoms with Crippen molar-refractivity contribution >= 4 is 11.6 Å². The van der Waals surface area contributed by atoms with Crippen LogP contribution in [0, 0.1) is 25.7 Å². The molecule has 0 heterocycles. The number of hydrogen-bond donors (Lipinski definition) is 1. The van der Waals surface area contributed by atoms with Gasteiger partial charge in [-0.1, -0.05) is 12.1 Å². The van der Waals surface area contributed by atoms with Crippen LogP contribution < -0.4 is 5.32 Å². The Hall–Kier alpha value is -1.75. The normalized spacial score (nSPS) is 9.35. The van der Waals surface area contributed by atoms with E-state index in [9.17, 15) is 4.79 Å². The molecule has 0 fully saturated rings. The quantitative estimate of drug-likeness (QED) is 0.622. The van der Waals surface area contributed by atoms with Gasteiger partial charge < -0.3 is 5.32 Å². The van der Waals surface area contributed by atoms with Crippen molar-refractivity contribution in [3.05, 3.63) is 29.3 Å². The van der Waals surface area contributed by atoms with Gasteiger partial charge in [0, 0.05) is 18.5 Å². The van der Waals surface area contributed by atoms with Crippen LogP contribution in [-0.2, 0) is 4.79 Å². The zero-order valence-corrected chi connectivity index (χ0v) is 10.8. The number of carbonyl (C=O) groups excluding carboxylic acids is 1. The Labute approximate surface area is 103 Å². The number of benzene rings is 1. The van der Waals surface area contributed by atoms with Crippen LogP contribution in [0.4, 0.5) is 5.69 Å². The molecular formula is C15H19NO. The van der Waals surface area contributed by atoms with E-state index < -0.39 is 0 Å². The molecule has 0 saturated carbocycles. The van der Waals surface area contributed by atoms with Crippen LogP contribution in [0.1, 0.15) is 37.3 Å². The van der Waals surface area contributed by atoms with Gasteiger partial charge in [-0.15, -0.1) is 11.8 Å². The molecule has 1 amide bonds. The molecule has 0 atom stereocenters. The number of unbranched alkanes of at least 4 members (excludes halogenated alkanes) is 1. The van der Waals surface area contributed by atoms with Crippen LogP contribution in [0.2, 0.25) is 0 Å². The maximum atomic E-state index is 11.7. The summed E-state index contributed by atoms with van der Waals surface area (Å²) in [6.07, 6.45) is 2.14. The maximum absolute atomic E-state index is 11.7. The minimum Gasteiger partial charge on any atom is -0.326 e. The van der Waals surface area contributed by atoms with Gasteiger partial charge in [0.1, 0.15) is 0 Å². The van der Waals surface area contributed by atoms with Gasteiger partial charge in [-0.2, -0.15) is 0 Å². The highest BCUT2D eigenvalue weighted by Gasteiger charge is 2.05. The van der Waals surface area contributed by atoms with E-state index in [1.54, 1.807) is 0 Å². The van der Waals surface area contributed by atoms with Crippen molar-refractivity contribution in [2.45, 2.75) is 40.0 Å². The summed E-state index contributed by atoms with van der Waals surface area (Å²) in [5.74, 6) is 5.85. The van der Waals surface area contributed by atoms with Crippen molar-refractivity contribution in [1.82, 2.24) is 0 Å². The molecule has 90 valence electrons. The Balaban J connectivity index is 2.50. The van der Waals surface area contributed by atoms with Gasteiger partial charge in [0.15, 0.2) is 0 Å². The van der Waals surface area contributed by atoms with Crippen molar-refractivity contribution in [1.29, 1.82) is 0 Å². The van der Waals surface area contributed by atoms with Gasteiger partial charge in [0.25, 0.3) is 0 Å². The molecule has 0 aromatic heterocycles. The van der Waals surface area contributed by atoms with Crippen molar-refractivity contribution in [2.24, 2.45) is 0 Å². The lowest BCUT2D eigenvalue weighted by molar-refractivity contribution is -0.116. The number of anilines is 1. The molecule has 0 radical (unpaired) electrons. The Kier molecular flexibility index (Phi) is 5.29. The molecule has 0 aliphatic carbocycles. The van der Waals surface area contributed by atoms with Crippen LogP contribution in [0.5, 0.6) is 0 Å². The van der Waals surface area contributed by atoms with Gasteiger partial charge >= 0.3 is 0 Å². The topological polar surface area (TPSA) is 29.1 Å². The Morgan fingerprint density at radius 2 is 2.12 bits per heavy atom. The zero-order valence-electron chi connectivity index (χ0n) is 10.8. The number of aryl methyl sites for hydroxylation is 1. The third-order valence-electron chi connectivity index (χ3n) is 2.76. The molecule has 1 aromatic carbocycles. The lowest BCUT2D eigenvalue weighted by Gasteiger charge is -2.09. The van der Waals surface area contributed by atoms with E-state index in [1.807, 2.05) is 39.0 Å². The summed E-state index contributed by atoms with van der Waals surface area (Å²) < 4.78 is 0. The van der Waals surface area contributed by atoms with Crippen LogP contribution in [0.25, 0.3) is 0 Å². The van der Waals surface area contributed by atoms with Gasteiger partial charge in [-0.05, 0) is 44.4 Å². The van der Waals surface area contributed by atoms with E-state index in [0.29, 0.717) is 6.42 Å². The first kappa shape index (κ1) is 13.3. The smallest absolute Gasteiger partial charge is 0.224 e. The Bertz CT molecular complexity index is 452. The molecule has 1 rings (SSSR count). The van der Waals surface area contributed by atoms with E-state index in [-0.39, 0.29) is 5.91 Å². The Morgan fingerprint density at radius 1 is 1.35 bits per heavy atom. The van der Waals surface area contributed by atoms with Gasteiger partial charge in [0.05, 0.1) is 0 Å². The lowest BCUT2D eigenvalue weighted by atomic mass is 10.1. The average molecular weight is 229 g/mol. The summed E-state index contributed by atoms with van der Waals surface area (Å²) in [5.41, 5.74) is 3.24. The van der Waals surface area contributed by atoms with Gasteiger partial charge in [-0.3, -0.25) is 4.79 Å². The molecule has 0 spiro atoms. The molecule has 0 aliphatic heterocycles. The first-order valence-corrected chi connectivity index (χ1v) is 5.91. The highest BCUT2D eigenvalue weighted by atomic mass is 16.1. The number of carbonyl (C=O) groups is 1. The van der Waals surface area contributed by atoms with E-state index in [4.69, 9.17) is 0 Å². The third kappa shape index (κ3) is 4.32. The second-order valence-corrected chi connectivity index (χ2v) is 4.08. The second kappa shape index (κ2) is 6.75. The summed E-state index contributed by atoms with van der Waals surface area (Å²) in [5, 5.41) is 2.94. The number of amides is 1. The fourth-order valence-corrected chi connectivity index (χ4v) is 1.56. The van der Waals surface area contributed by atoms with Crippen LogP contribution in [-0.4, -0.2) is 5.91 Å². The van der Waals surface area contributed by atoms with Gasteiger partial charge in [-0.25, -0.2) is 0 Å². The second-order valence-electron chi connectivity index (χ2n) is 4.08. The van der Waals surface area contributed by atoms with Crippen LogP contribution >= 0.6 is 0 Å². The molecule has 2 heteroatoms. The van der Waals surface area contributed by atoms with Crippen molar-refractivity contribution in [3.63, 3.8) is 0 Å². The standard InChI is InChI=1S/C15H19NO/c1-4-5-6-7-11-15(17)16-14-10-8-9-12(2)13(14)3/h8-10H,6-7,11H2,1-3H3,(H,16,17). The zero-order chi connectivity index (χ0) is 12.7. The molecule has 0 saturated heterocycles. The monoisotopic (exact) mass is 229 g/mol. The molecule has 0 unspecified atom stereocenters. The first-order chi connectivity index (χ1) is 8.15. The minimum atomic E-state index is 0.0663. The largest absolute Gasteiger partial charge is 0.326 e. The number of nitrogens with one attached hydrogen (secondary N) is 1. The SMILES string of the molecule is CC#CCCCC(=O)Nc1cccc(C)c1C. The molecular weight excluding hydrogens is 210 g/mol. The third-order valence-corrected chi connectivity index (χ3v) is 2.76. The van der Waals surface area contributed by atoms with Crippen molar-refractivity contribution in [3.8, 4) is 11.8 Å². The first-order valence-electron chi connectivity index (χ1n) is 5.91. The predicted octanol–water partition coefficient (Wildman–Crippen LogP) is 3.44. The number of hydrogen-bond acceptors (Lipinski definition) is 1. The molecule has 2 nitrogen and oxygen atoms in total. The van der Waals surface area contributed by atoms with E-state index in [1.165, 1.54) is 5.56 Å². The highest BCUT2D eigenvalue weighted by Crippen LogP contribution is 2.18. The maximum Gasteiger partial charge on any atom is 0.224 e. The fraction of sp³-hybridized carbons (Fsp3) is 0.400. The molecule has 0 bridgehead atoms. The summed E-state index contributed by atoms with van der Waals surface area (Å²) in [6.45, 7) is 5.88. The molecule has 1 aromatic rings. The minimum absolute atomic E-state index is 0.0663. The van der Waals surface area contributed by atoms with Crippen LogP contribution in [0.3, 0.4) is 0 Å². The van der Waals surface area contributed by atoms with Crippen molar-refractivity contribution in [2.75, 3.05) is 5.32 Å². The van der Waals surface area contributed by atoms with Gasteiger partial charge in [0.2, 0.25) is 5.91 Å². The molecule has 0 aliphatic rings. The highest BCUT2D eigenvalue weighted by molar-refractivity contribution is 5.91. The summed E-state index contributed by atoms with van der Waals surface area (Å²) in [4.78, 5) is 11.7. The van der Waals surface area contributed by atoms with Crippen LogP contribution in [0.15, 0.2) is 18.2 Å². The van der Waals surface area contributed by atoms with E-state index >= 15 is 0 Å².